The fourth-order valence-corrected chi connectivity index (χ4v) is 4.11. The van der Waals surface area contributed by atoms with Crippen molar-refractivity contribution >= 4 is 18.3 Å². The minimum absolute atomic E-state index is 0. The Morgan fingerprint density at radius 3 is 1.95 bits per heavy atom. The maximum atomic E-state index is 13.2. The van der Waals surface area contributed by atoms with E-state index in [1.165, 1.54) is 0 Å². The third-order valence-corrected chi connectivity index (χ3v) is 6.25. The van der Waals surface area contributed by atoms with E-state index in [4.69, 9.17) is 10.5 Å². The van der Waals surface area contributed by atoms with Crippen molar-refractivity contribution in [3.63, 3.8) is 0 Å². The van der Waals surface area contributed by atoms with E-state index in [9.17, 15) is 31.1 Å². The van der Waals surface area contributed by atoms with Gasteiger partial charge in [0.05, 0.1) is 29.9 Å². The molecule has 1 heterocycles. The molecule has 1 aliphatic rings. The number of ether oxygens (including phenoxy) is 1. The molecule has 1 saturated heterocycles. The van der Waals surface area contributed by atoms with Crippen LogP contribution in [0.15, 0.2) is 48.5 Å². The van der Waals surface area contributed by atoms with Gasteiger partial charge in [-0.15, -0.1) is 12.4 Å². The summed E-state index contributed by atoms with van der Waals surface area (Å²) in [5.41, 5.74) is 5.01. The monoisotopic (exact) mass is 553 g/mol. The van der Waals surface area contributed by atoms with Gasteiger partial charge >= 0.3 is 12.4 Å². The molecule has 37 heavy (non-hydrogen) atoms. The number of benzene rings is 2. The van der Waals surface area contributed by atoms with Gasteiger partial charge in [0.15, 0.2) is 0 Å². The maximum Gasteiger partial charge on any atom is 0.416 e. The highest BCUT2D eigenvalue weighted by Crippen LogP contribution is 2.38. The van der Waals surface area contributed by atoms with E-state index in [2.05, 4.69) is 5.43 Å². The first-order chi connectivity index (χ1) is 16.6. The molecule has 0 radical (unpaired) electrons. The van der Waals surface area contributed by atoms with Crippen molar-refractivity contribution in [1.29, 1.82) is 0 Å². The van der Waals surface area contributed by atoms with Gasteiger partial charge in [0.1, 0.15) is 0 Å². The molecule has 12 heteroatoms. The summed E-state index contributed by atoms with van der Waals surface area (Å²) in [6, 6.07) is 10.8. The fourth-order valence-electron chi connectivity index (χ4n) is 4.11. The number of rotatable bonds is 7. The average molecular weight is 554 g/mol. The lowest BCUT2D eigenvalue weighted by Crippen LogP contribution is -2.58. The number of amides is 1. The Morgan fingerprint density at radius 1 is 0.973 bits per heavy atom. The molecule has 2 aromatic rings. The van der Waals surface area contributed by atoms with Crippen molar-refractivity contribution in [3.05, 3.63) is 70.8 Å². The zero-order valence-electron chi connectivity index (χ0n) is 20.4. The molecule has 1 amide bonds. The lowest BCUT2D eigenvalue weighted by Gasteiger charge is -2.42. The molecule has 206 valence electrons. The molecule has 0 bridgehead atoms. The van der Waals surface area contributed by atoms with Crippen LogP contribution in [0.4, 0.5) is 26.3 Å². The molecule has 1 aliphatic heterocycles. The number of piperidine rings is 1. The molecule has 1 fully saturated rings. The Kier molecular flexibility index (Phi) is 9.67. The topological polar surface area (TPSA) is 67.6 Å². The van der Waals surface area contributed by atoms with E-state index in [-0.39, 0.29) is 36.6 Å². The second-order valence-electron chi connectivity index (χ2n) is 9.70. The lowest BCUT2D eigenvalue weighted by molar-refractivity contribution is -0.143. The van der Waals surface area contributed by atoms with Gasteiger partial charge in [0.25, 0.3) is 5.91 Å². The van der Waals surface area contributed by atoms with Crippen molar-refractivity contribution < 1.29 is 35.9 Å². The number of hydrazine groups is 1. The Balaban J connectivity index is 0.00000481. The summed E-state index contributed by atoms with van der Waals surface area (Å²) in [7, 11) is 0. The van der Waals surface area contributed by atoms with Crippen molar-refractivity contribution in [2.45, 2.75) is 56.6 Å². The van der Waals surface area contributed by atoms with Crippen LogP contribution in [0.3, 0.4) is 0 Å². The third kappa shape index (κ3) is 8.07. The SMILES string of the molecule is CC(C)(N)C(=O)NN1CCC(COCc2cc(C(F)(F)F)cc(C(F)(F)F)c2)(c2ccccc2)CC1.Cl. The van der Waals surface area contributed by atoms with Crippen LogP contribution in [0.2, 0.25) is 0 Å². The van der Waals surface area contributed by atoms with Crippen molar-refractivity contribution in [3.8, 4) is 0 Å². The molecule has 5 nitrogen and oxygen atoms in total. The summed E-state index contributed by atoms with van der Waals surface area (Å²) in [5, 5.41) is 1.75. The van der Waals surface area contributed by atoms with Crippen LogP contribution in [0.1, 0.15) is 48.9 Å². The van der Waals surface area contributed by atoms with Gasteiger partial charge in [0.2, 0.25) is 0 Å². The predicted octanol–water partition coefficient (Wildman–Crippen LogP) is 5.46. The van der Waals surface area contributed by atoms with Crippen LogP contribution >= 0.6 is 12.4 Å². The number of nitrogens with zero attached hydrogens (tertiary/aromatic N) is 1. The zero-order chi connectivity index (χ0) is 26.8. The van der Waals surface area contributed by atoms with Gasteiger partial charge in [-0.1, -0.05) is 30.3 Å². The van der Waals surface area contributed by atoms with Crippen molar-refractivity contribution in [2.24, 2.45) is 5.73 Å². The quantitative estimate of drug-likeness (QED) is 0.447. The number of alkyl halides is 6. The normalized spacial score (nSPS) is 16.7. The smallest absolute Gasteiger partial charge is 0.376 e. The number of hydrogen-bond acceptors (Lipinski definition) is 4. The minimum atomic E-state index is -4.92. The molecule has 2 aromatic carbocycles. The fraction of sp³-hybridized carbons (Fsp3) is 0.480. The van der Waals surface area contributed by atoms with Gasteiger partial charge < -0.3 is 10.5 Å². The Hall–Kier alpha value is -2.34. The minimum Gasteiger partial charge on any atom is -0.376 e. The zero-order valence-corrected chi connectivity index (χ0v) is 21.2. The Morgan fingerprint density at radius 2 is 1.49 bits per heavy atom. The molecular formula is C25H30ClF6N3O2. The van der Waals surface area contributed by atoms with Crippen LogP contribution in [-0.2, 0) is 33.9 Å². The number of carbonyl (C=O) groups is 1. The molecule has 0 aromatic heterocycles. The standard InChI is InChI=1S/C25H29F6N3O2.ClH/c1-22(2,32)21(35)33-34-10-8-23(9-11-34,18-6-4-3-5-7-18)16-36-15-17-12-19(24(26,27)28)14-20(13-17)25(29,30)31;/h3-7,12-14H,8-11,15-16,32H2,1-2H3,(H,33,35);1H. The van der Waals surface area contributed by atoms with Gasteiger partial charge in [-0.05, 0) is 56.0 Å². The van der Waals surface area contributed by atoms with Crippen LogP contribution in [0, 0.1) is 0 Å². The van der Waals surface area contributed by atoms with E-state index < -0.39 is 41.0 Å². The summed E-state index contributed by atoms with van der Waals surface area (Å²) >= 11 is 0. The molecule has 0 unspecified atom stereocenters. The summed E-state index contributed by atoms with van der Waals surface area (Å²) in [6.45, 7) is 3.77. The number of nitrogens with two attached hydrogens (primary N) is 1. The number of halogens is 7. The van der Waals surface area contributed by atoms with Gasteiger partial charge in [0, 0.05) is 18.5 Å². The van der Waals surface area contributed by atoms with E-state index >= 15 is 0 Å². The van der Waals surface area contributed by atoms with Crippen LogP contribution in [0.5, 0.6) is 0 Å². The van der Waals surface area contributed by atoms with Crippen molar-refractivity contribution in [1.82, 2.24) is 10.4 Å². The molecule has 0 atom stereocenters. The van der Waals surface area contributed by atoms with Crippen LogP contribution in [0.25, 0.3) is 0 Å². The second-order valence-corrected chi connectivity index (χ2v) is 9.70. The summed E-state index contributed by atoms with van der Waals surface area (Å²) in [5.74, 6) is -0.337. The third-order valence-electron chi connectivity index (χ3n) is 6.25. The van der Waals surface area contributed by atoms with E-state index in [1.54, 1.807) is 18.9 Å². The van der Waals surface area contributed by atoms with Crippen LogP contribution in [-0.4, -0.2) is 36.2 Å². The van der Waals surface area contributed by atoms with Gasteiger partial charge in [-0.2, -0.15) is 26.3 Å². The highest BCUT2D eigenvalue weighted by molar-refractivity contribution is 5.85. The largest absolute Gasteiger partial charge is 0.416 e. The van der Waals surface area contributed by atoms with Gasteiger partial charge in [-0.25, -0.2) is 5.01 Å². The second kappa shape index (κ2) is 11.6. The highest BCUT2D eigenvalue weighted by atomic mass is 35.5. The Labute approximate surface area is 217 Å². The summed E-state index contributed by atoms with van der Waals surface area (Å²) in [6.07, 6.45) is -8.76. The Bertz CT molecular complexity index is 1010. The van der Waals surface area contributed by atoms with E-state index in [0.29, 0.717) is 38.1 Å². The molecular weight excluding hydrogens is 524 g/mol. The molecule has 3 N–H and O–H groups in total. The number of hydrogen-bond donors (Lipinski definition) is 2. The summed E-state index contributed by atoms with van der Waals surface area (Å²) < 4.78 is 84.9. The predicted molar refractivity (Wildman–Crippen MR) is 129 cm³/mol. The molecule has 0 spiro atoms. The van der Waals surface area contributed by atoms with E-state index in [0.717, 1.165) is 5.56 Å². The lowest BCUT2D eigenvalue weighted by atomic mass is 9.73. The molecule has 0 saturated carbocycles. The first-order valence-electron chi connectivity index (χ1n) is 11.4. The average Bonchev–Trinajstić information content (AvgIpc) is 2.79. The van der Waals surface area contributed by atoms with Gasteiger partial charge in [-0.3, -0.25) is 10.2 Å². The number of nitrogens with one attached hydrogen (secondary N) is 1. The molecule has 3 rings (SSSR count). The van der Waals surface area contributed by atoms with E-state index in [1.807, 2.05) is 30.3 Å². The first kappa shape index (κ1) is 30.9. The summed E-state index contributed by atoms with van der Waals surface area (Å²) in [4.78, 5) is 12.2. The molecule has 0 aliphatic carbocycles. The van der Waals surface area contributed by atoms with Crippen LogP contribution < -0.4 is 11.2 Å². The van der Waals surface area contributed by atoms with Crippen molar-refractivity contribution in [2.75, 3.05) is 19.7 Å². The maximum absolute atomic E-state index is 13.2. The first-order valence-corrected chi connectivity index (χ1v) is 11.4. The highest BCUT2D eigenvalue weighted by Gasteiger charge is 2.39. The number of carbonyl (C=O) groups excluding carboxylic acids is 1.